The molecule has 4 fully saturated rings. The zero-order valence-corrected chi connectivity index (χ0v) is 34.0. The number of nitriles is 1. The number of nitrogens with zero attached hydrogens (tertiary/aromatic N) is 6. The second kappa shape index (κ2) is 16.3. The maximum Gasteiger partial charge on any atom is 0.262 e. The second-order valence-electron chi connectivity index (χ2n) is 16.8. The average molecular weight is 832 g/mol. The minimum atomic E-state index is -0.986. The summed E-state index contributed by atoms with van der Waals surface area (Å²) in [6.45, 7) is 5.92. The maximum absolute atomic E-state index is 13.7. The van der Waals surface area contributed by atoms with E-state index >= 15 is 0 Å². The summed E-state index contributed by atoms with van der Waals surface area (Å²) in [7, 11) is 0. The largest absolute Gasteiger partial charge is 0.490 e. The molecule has 1 aliphatic carbocycles. The van der Waals surface area contributed by atoms with Gasteiger partial charge in [-0.05, 0) is 105 Å². The molecule has 6 aliphatic rings. The zero-order valence-electron chi connectivity index (χ0n) is 33.2. The van der Waals surface area contributed by atoms with E-state index in [1.807, 2.05) is 28.0 Å². The molecule has 14 nitrogen and oxygen atoms in total. The van der Waals surface area contributed by atoms with Crippen molar-refractivity contribution < 1.29 is 33.5 Å². The molecule has 0 radical (unpaired) electrons. The molecule has 1 saturated carbocycles. The predicted octanol–water partition coefficient (Wildman–Crippen LogP) is 4.63. The van der Waals surface area contributed by atoms with Gasteiger partial charge in [-0.25, -0.2) is 0 Å². The number of benzene rings is 3. The minimum Gasteiger partial charge on any atom is -0.490 e. The summed E-state index contributed by atoms with van der Waals surface area (Å²) in [6.07, 6.45) is 5.40. The van der Waals surface area contributed by atoms with Gasteiger partial charge in [0.25, 0.3) is 23.6 Å². The summed E-state index contributed by atoms with van der Waals surface area (Å²) in [5, 5.41) is 11.8. The van der Waals surface area contributed by atoms with Gasteiger partial charge in [-0.15, -0.1) is 0 Å². The number of fused-ring (bicyclic) bond motifs is 2. The number of hydrogen-bond acceptors (Lipinski definition) is 10. The third-order valence-corrected chi connectivity index (χ3v) is 13.5. The van der Waals surface area contributed by atoms with Crippen LogP contribution in [0.2, 0.25) is 5.02 Å². The van der Waals surface area contributed by atoms with Gasteiger partial charge in [0, 0.05) is 87.7 Å². The van der Waals surface area contributed by atoms with Crippen molar-refractivity contribution in [2.45, 2.75) is 76.1 Å². The average Bonchev–Trinajstić information content (AvgIpc) is 3.72. The van der Waals surface area contributed by atoms with Gasteiger partial charge >= 0.3 is 0 Å². The van der Waals surface area contributed by atoms with Crippen LogP contribution in [0.1, 0.15) is 104 Å². The lowest BCUT2D eigenvalue weighted by molar-refractivity contribution is -0.136. The molecular formula is C45H46ClN7O7. The summed E-state index contributed by atoms with van der Waals surface area (Å²) in [5.41, 5.74) is 4.04. The molecule has 3 aromatic carbocycles. The quantitative estimate of drug-likeness (QED) is 0.317. The Morgan fingerprint density at radius 1 is 0.783 bits per heavy atom. The van der Waals surface area contributed by atoms with E-state index in [0.29, 0.717) is 58.6 Å². The van der Waals surface area contributed by atoms with Crippen LogP contribution in [-0.4, -0.2) is 119 Å². The van der Waals surface area contributed by atoms with Crippen LogP contribution in [0.5, 0.6) is 5.75 Å². The highest BCUT2D eigenvalue weighted by molar-refractivity contribution is 6.31. The van der Waals surface area contributed by atoms with Gasteiger partial charge in [0.05, 0.1) is 27.8 Å². The smallest absolute Gasteiger partial charge is 0.262 e. The van der Waals surface area contributed by atoms with Gasteiger partial charge in [0.1, 0.15) is 17.9 Å². The molecule has 0 aromatic heterocycles. The van der Waals surface area contributed by atoms with Crippen LogP contribution >= 0.6 is 11.6 Å². The Bertz CT molecular complexity index is 2320. The Hall–Kier alpha value is -5.78. The van der Waals surface area contributed by atoms with E-state index in [1.165, 1.54) is 0 Å². The highest BCUT2D eigenvalue weighted by Gasteiger charge is 2.45. The first-order valence-corrected chi connectivity index (χ1v) is 21.3. The third kappa shape index (κ3) is 7.60. The van der Waals surface area contributed by atoms with E-state index in [4.69, 9.17) is 21.6 Å². The van der Waals surface area contributed by atoms with Crippen LogP contribution in [-0.2, 0) is 16.1 Å². The van der Waals surface area contributed by atoms with Gasteiger partial charge in [-0.1, -0.05) is 11.6 Å². The number of carbonyl (C=O) groups excluding carboxylic acids is 6. The van der Waals surface area contributed by atoms with Crippen molar-refractivity contribution in [2.75, 3.05) is 50.7 Å². The number of amides is 6. The Morgan fingerprint density at radius 2 is 1.52 bits per heavy atom. The fourth-order valence-corrected chi connectivity index (χ4v) is 10.0. The molecule has 310 valence electrons. The monoisotopic (exact) mass is 831 g/mol. The summed E-state index contributed by atoms with van der Waals surface area (Å²) < 4.78 is 6.16. The number of carbonyl (C=O) groups is 6. The zero-order chi connectivity index (χ0) is 41.7. The van der Waals surface area contributed by atoms with E-state index < -0.39 is 29.7 Å². The molecular weight excluding hydrogens is 786 g/mol. The molecule has 5 aliphatic heterocycles. The molecule has 0 spiro atoms. The summed E-state index contributed by atoms with van der Waals surface area (Å²) in [5.74, 6) is -0.876. The first-order chi connectivity index (χ1) is 29.0. The van der Waals surface area contributed by atoms with E-state index in [1.54, 1.807) is 36.4 Å². The van der Waals surface area contributed by atoms with Gasteiger partial charge < -0.3 is 19.4 Å². The first kappa shape index (κ1) is 39.7. The highest BCUT2D eigenvalue weighted by atomic mass is 35.5. The number of piperazine rings is 1. The molecule has 1 atom stereocenters. The summed E-state index contributed by atoms with van der Waals surface area (Å²) in [4.78, 5) is 87.3. The molecule has 1 N–H and O–H groups in total. The normalized spacial score (nSPS) is 23.7. The molecule has 3 aromatic rings. The minimum absolute atomic E-state index is 0.00743. The molecule has 60 heavy (non-hydrogen) atoms. The number of nitrogens with one attached hydrogen (secondary N) is 1. The molecule has 1 unspecified atom stereocenters. The number of halogens is 1. The van der Waals surface area contributed by atoms with Crippen molar-refractivity contribution in [1.29, 1.82) is 5.26 Å². The number of ether oxygens (including phenoxy) is 1. The molecule has 15 heteroatoms. The number of hydrogen-bond donors (Lipinski definition) is 1. The van der Waals surface area contributed by atoms with Crippen molar-refractivity contribution in [3.63, 3.8) is 0 Å². The fraction of sp³-hybridized carbons (Fsp3) is 0.444. The third-order valence-electron chi connectivity index (χ3n) is 13.2. The van der Waals surface area contributed by atoms with Crippen LogP contribution in [0, 0.1) is 17.2 Å². The molecule has 9 rings (SSSR count). The lowest BCUT2D eigenvalue weighted by atomic mass is 9.92. The van der Waals surface area contributed by atoms with Crippen molar-refractivity contribution in [3.05, 3.63) is 93.0 Å². The molecule has 6 amide bonds. The Balaban J connectivity index is 0.725. The SMILES string of the molecule is N#Cc1ccc(O[C@H]2CC[C@H](N3Cc4cc(C(=O)N5CCN(CC6CCN(c7ccc8c(c7)C(=O)N(C7CCC(=O)NC7=O)C8=O)CC6)CC5)ccc4C3=O)CC2)cc1Cl. The first-order valence-electron chi connectivity index (χ1n) is 21.0. The number of imide groups is 2. The van der Waals surface area contributed by atoms with E-state index in [0.717, 1.165) is 87.4 Å². The predicted molar refractivity (Wildman–Crippen MR) is 220 cm³/mol. The van der Waals surface area contributed by atoms with Gasteiger partial charge in [0.15, 0.2) is 0 Å². The van der Waals surface area contributed by atoms with E-state index in [9.17, 15) is 28.8 Å². The number of rotatable bonds is 8. The fourth-order valence-electron chi connectivity index (χ4n) is 9.81. The van der Waals surface area contributed by atoms with Gasteiger partial charge in [0.2, 0.25) is 11.8 Å². The standard InChI is InChI=1S/C45H46ClN7O7/c46-38-23-34(6-1-29(38)24-47)60-33-7-3-31(4-8-33)52-26-30-21-28(2-9-35(30)43(52)57)42(56)51-19-17-49(18-20-51)25-27-13-15-50(16-14-27)32-5-10-36-37(22-32)45(59)53(44(36)58)39-11-12-40(54)48-41(39)55/h1-2,5-6,9-10,21-23,27,31,33,39H,3-4,7-8,11-20,25-26H2,(H,48,54,55)/t31-,33-,39?. The van der Waals surface area contributed by atoms with Crippen LogP contribution < -0.4 is 15.0 Å². The van der Waals surface area contributed by atoms with Crippen LogP contribution in [0.3, 0.4) is 0 Å². The molecule has 3 saturated heterocycles. The Morgan fingerprint density at radius 3 is 2.23 bits per heavy atom. The van der Waals surface area contributed by atoms with Crippen molar-refractivity contribution >= 4 is 52.7 Å². The van der Waals surface area contributed by atoms with Gasteiger partial charge in [-0.2, -0.15) is 5.26 Å². The van der Waals surface area contributed by atoms with Crippen LogP contribution in [0.15, 0.2) is 54.6 Å². The Kier molecular flexibility index (Phi) is 10.8. The van der Waals surface area contributed by atoms with Crippen molar-refractivity contribution in [3.8, 4) is 11.8 Å². The van der Waals surface area contributed by atoms with Gasteiger partial charge in [-0.3, -0.25) is 43.9 Å². The molecule has 5 heterocycles. The van der Waals surface area contributed by atoms with E-state index in [2.05, 4.69) is 21.2 Å². The van der Waals surface area contributed by atoms with Crippen molar-refractivity contribution in [1.82, 2.24) is 24.9 Å². The lowest BCUT2D eigenvalue weighted by Crippen LogP contribution is -2.54. The van der Waals surface area contributed by atoms with Crippen molar-refractivity contribution in [2.24, 2.45) is 5.92 Å². The maximum atomic E-state index is 13.7. The topological polar surface area (TPSA) is 164 Å². The van der Waals surface area contributed by atoms with E-state index in [-0.39, 0.29) is 42.4 Å². The second-order valence-corrected chi connectivity index (χ2v) is 17.2. The van der Waals surface area contributed by atoms with Crippen LogP contribution in [0.25, 0.3) is 0 Å². The lowest BCUT2D eigenvalue weighted by Gasteiger charge is -2.39. The summed E-state index contributed by atoms with van der Waals surface area (Å²) in [6, 6.07) is 17.1. The molecule has 0 bridgehead atoms. The Labute approximate surface area is 352 Å². The number of piperidine rings is 2. The highest BCUT2D eigenvalue weighted by Crippen LogP contribution is 2.35. The number of anilines is 1. The van der Waals surface area contributed by atoms with Crippen LogP contribution in [0.4, 0.5) is 5.69 Å². The summed E-state index contributed by atoms with van der Waals surface area (Å²) >= 11 is 6.19.